The van der Waals surface area contributed by atoms with Crippen LogP contribution < -0.4 is 11.1 Å². The van der Waals surface area contributed by atoms with Crippen molar-refractivity contribution in [1.82, 2.24) is 0 Å². The quantitative estimate of drug-likeness (QED) is 0.223. The Bertz CT molecular complexity index is 1170. The fourth-order valence-electron chi connectivity index (χ4n) is 2.81. The molecule has 0 radical (unpaired) electrons. The summed E-state index contributed by atoms with van der Waals surface area (Å²) in [6.45, 7) is 0.545. The Labute approximate surface area is 180 Å². The van der Waals surface area contributed by atoms with Crippen molar-refractivity contribution in [2.75, 3.05) is 11.6 Å². The van der Waals surface area contributed by atoms with Gasteiger partial charge in [-0.1, -0.05) is 42.5 Å². The molecule has 0 bridgehead atoms. The van der Waals surface area contributed by atoms with Crippen LogP contribution in [0.2, 0.25) is 0 Å². The Hall–Kier alpha value is -3.69. The Balaban J connectivity index is 0.000000614. The molecular weight excluding hydrogens is 418 g/mol. The van der Waals surface area contributed by atoms with E-state index in [-0.39, 0.29) is 11.4 Å². The summed E-state index contributed by atoms with van der Waals surface area (Å²) >= 11 is 0. The molecule has 0 aliphatic rings. The van der Waals surface area contributed by atoms with Crippen LogP contribution in [0.1, 0.15) is 21.5 Å². The molecule has 0 aliphatic heterocycles. The third kappa shape index (κ3) is 7.57. The molecule has 0 aromatic heterocycles. The Kier molecular flexibility index (Phi) is 7.89. The number of benzene rings is 3. The lowest BCUT2D eigenvalue weighted by Gasteiger charge is -2.14. The van der Waals surface area contributed by atoms with E-state index in [4.69, 9.17) is 15.7 Å². The number of carboxylic acids is 1. The van der Waals surface area contributed by atoms with E-state index in [1.807, 2.05) is 48.5 Å². The Morgan fingerprint density at radius 1 is 0.968 bits per heavy atom. The number of carbonyl (C=O) groups is 1. The Morgan fingerprint density at radius 2 is 1.48 bits per heavy atom. The van der Waals surface area contributed by atoms with Gasteiger partial charge in [-0.2, -0.15) is 8.42 Å². The average molecular weight is 442 g/mol. The van der Waals surface area contributed by atoms with Crippen LogP contribution in [0.25, 0.3) is 11.1 Å². The average Bonchev–Trinajstić information content (AvgIpc) is 2.71. The van der Waals surface area contributed by atoms with E-state index in [1.165, 1.54) is 0 Å². The van der Waals surface area contributed by atoms with E-state index < -0.39 is 16.1 Å². The second kappa shape index (κ2) is 10.4. The fraction of sp³-hybridized carbons (Fsp3) is 0.0909. The minimum atomic E-state index is -3.67. The first-order valence-electron chi connectivity index (χ1n) is 9.07. The molecular formula is C22H23N3O5S. The summed E-state index contributed by atoms with van der Waals surface area (Å²) in [5.41, 5.74) is 9.90. The molecule has 3 aromatic rings. The third-order valence-electron chi connectivity index (χ3n) is 4.14. The van der Waals surface area contributed by atoms with Gasteiger partial charge in [-0.25, -0.2) is 4.79 Å². The van der Waals surface area contributed by atoms with Crippen LogP contribution in [-0.4, -0.2) is 36.1 Å². The smallest absolute Gasteiger partial charge is 0.336 e. The van der Waals surface area contributed by atoms with Crippen LogP contribution in [0.4, 0.5) is 5.69 Å². The molecule has 0 saturated heterocycles. The first-order chi connectivity index (χ1) is 14.6. The summed E-state index contributed by atoms with van der Waals surface area (Å²) in [5, 5.41) is 20.2. The van der Waals surface area contributed by atoms with Gasteiger partial charge in [0.25, 0.3) is 10.1 Å². The molecule has 3 aromatic carbocycles. The van der Waals surface area contributed by atoms with E-state index >= 15 is 0 Å². The number of carboxylic acid groups (broad SMARTS) is 1. The van der Waals surface area contributed by atoms with Gasteiger partial charge in [-0.15, -0.1) is 0 Å². The van der Waals surface area contributed by atoms with Crippen molar-refractivity contribution >= 4 is 27.6 Å². The summed E-state index contributed by atoms with van der Waals surface area (Å²) in [4.78, 5) is 11.5. The van der Waals surface area contributed by atoms with E-state index in [0.717, 1.165) is 16.8 Å². The van der Waals surface area contributed by atoms with Crippen molar-refractivity contribution in [3.63, 3.8) is 0 Å². The second-order valence-corrected chi connectivity index (χ2v) is 8.05. The van der Waals surface area contributed by atoms with Gasteiger partial charge in [-0.05, 0) is 47.0 Å². The molecule has 0 fully saturated rings. The fourth-order valence-corrected chi connectivity index (χ4v) is 2.81. The number of rotatable bonds is 6. The predicted octanol–water partition coefficient (Wildman–Crippen LogP) is 3.45. The lowest BCUT2D eigenvalue weighted by molar-refractivity contribution is 0.0697. The minimum Gasteiger partial charge on any atom is -0.478 e. The first kappa shape index (κ1) is 23.6. The summed E-state index contributed by atoms with van der Waals surface area (Å²) in [6.07, 6.45) is 0.715. The van der Waals surface area contributed by atoms with Crippen LogP contribution in [0.15, 0.2) is 72.8 Å². The van der Waals surface area contributed by atoms with E-state index in [9.17, 15) is 18.3 Å². The highest BCUT2D eigenvalue weighted by molar-refractivity contribution is 7.85. The van der Waals surface area contributed by atoms with Gasteiger partial charge in [0.05, 0.1) is 11.8 Å². The lowest BCUT2D eigenvalue weighted by atomic mass is 9.95. The molecule has 3 rings (SSSR count). The minimum absolute atomic E-state index is 0.0344. The third-order valence-corrected chi connectivity index (χ3v) is 4.14. The van der Waals surface area contributed by atoms with Crippen molar-refractivity contribution in [2.45, 2.75) is 6.54 Å². The summed E-state index contributed by atoms with van der Waals surface area (Å²) in [6, 6.07) is 22.1. The molecule has 0 heterocycles. The molecule has 31 heavy (non-hydrogen) atoms. The highest BCUT2D eigenvalue weighted by Crippen LogP contribution is 2.28. The molecule has 0 aliphatic carbocycles. The number of nitrogens with two attached hydrogens (primary N) is 1. The summed E-state index contributed by atoms with van der Waals surface area (Å²) in [7, 11) is -3.67. The van der Waals surface area contributed by atoms with Gasteiger partial charge < -0.3 is 16.2 Å². The number of aromatic carboxylic acids is 1. The monoisotopic (exact) mass is 441 g/mol. The van der Waals surface area contributed by atoms with E-state index in [2.05, 4.69) is 5.32 Å². The topological polar surface area (TPSA) is 154 Å². The van der Waals surface area contributed by atoms with Gasteiger partial charge in [0.1, 0.15) is 5.84 Å². The van der Waals surface area contributed by atoms with Crippen molar-refractivity contribution in [1.29, 1.82) is 5.41 Å². The maximum Gasteiger partial charge on any atom is 0.336 e. The van der Waals surface area contributed by atoms with Crippen LogP contribution >= 0.6 is 0 Å². The maximum absolute atomic E-state index is 11.5. The van der Waals surface area contributed by atoms with Crippen LogP contribution in [0, 0.1) is 5.41 Å². The maximum atomic E-state index is 11.5. The number of nitrogen functional groups attached to an aromatic ring is 1. The normalized spacial score (nSPS) is 10.5. The van der Waals surface area contributed by atoms with Crippen LogP contribution in [0.3, 0.4) is 0 Å². The number of hydrogen-bond acceptors (Lipinski definition) is 5. The molecule has 162 valence electrons. The highest BCUT2D eigenvalue weighted by atomic mass is 32.2. The van der Waals surface area contributed by atoms with Crippen molar-refractivity contribution < 1.29 is 22.9 Å². The molecule has 0 spiro atoms. The number of amidine groups is 1. The largest absolute Gasteiger partial charge is 0.478 e. The van der Waals surface area contributed by atoms with Gasteiger partial charge in [0.2, 0.25) is 0 Å². The Morgan fingerprint density at radius 3 is 2.03 bits per heavy atom. The van der Waals surface area contributed by atoms with Crippen LogP contribution in [0.5, 0.6) is 0 Å². The number of nitrogens with one attached hydrogen (secondary N) is 2. The molecule has 0 atom stereocenters. The number of hydrogen-bond donors (Lipinski definition) is 5. The second-order valence-electron chi connectivity index (χ2n) is 6.59. The van der Waals surface area contributed by atoms with Crippen molar-refractivity contribution in [3.05, 3.63) is 89.5 Å². The van der Waals surface area contributed by atoms with Gasteiger partial charge in [-0.3, -0.25) is 9.96 Å². The molecule has 8 nitrogen and oxygen atoms in total. The summed E-state index contributed by atoms with van der Waals surface area (Å²) < 4.78 is 25.9. The zero-order chi connectivity index (χ0) is 23.0. The summed E-state index contributed by atoms with van der Waals surface area (Å²) in [5.74, 6) is -0.907. The van der Waals surface area contributed by atoms with Gasteiger partial charge >= 0.3 is 5.97 Å². The van der Waals surface area contributed by atoms with Gasteiger partial charge in [0.15, 0.2) is 0 Å². The van der Waals surface area contributed by atoms with E-state index in [0.29, 0.717) is 23.9 Å². The van der Waals surface area contributed by atoms with Crippen molar-refractivity contribution in [3.8, 4) is 11.1 Å². The molecule has 0 unspecified atom stereocenters. The first-order valence-corrected chi connectivity index (χ1v) is 10.9. The molecule has 6 N–H and O–H groups in total. The van der Waals surface area contributed by atoms with Crippen molar-refractivity contribution in [2.24, 2.45) is 5.73 Å². The highest BCUT2D eigenvalue weighted by Gasteiger charge is 2.13. The van der Waals surface area contributed by atoms with Crippen LogP contribution in [-0.2, 0) is 16.7 Å². The molecule has 0 saturated carbocycles. The predicted molar refractivity (Wildman–Crippen MR) is 121 cm³/mol. The zero-order valence-corrected chi connectivity index (χ0v) is 17.6. The SMILES string of the molecule is CS(=O)(=O)O.N=C(N)c1ccc(NCc2ccccc2-c2ccccc2C(=O)O)cc1. The number of anilines is 1. The van der Waals surface area contributed by atoms with Gasteiger partial charge in [0, 0.05) is 17.8 Å². The standard InChI is InChI=1S/C21H19N3O2.CH4O3S/c22-20(23)14-9-11-16(12-10-14)24-13-15-5-1-2-6-17(15)18-7-3-4-8-19(18)21(25)26;1-5(2,3)4/h1-12,24H,13H2,(H3,22,23)(H,25,26);1H3,(H,2,3,4). The molecule has 0 amide bonds. The lowest BCUT2D eigenvalue weighted by Crippen LogP contribution is -2.10. The zero-order valence-electron chi connectivity index (χ0n) is 16.7. The van der Waals surface area contributed by atoms with E-state index in [1.54, 1.807) is 24.3 Å². The molecule has 9 heteroatoms.